The van der Waals surface area contributed by atoms with Gasteiger partial charge in [-0.05, 0) is 63.6 Å². The average Bonchev–Trinajstić information content (AvgIpc) is 2.67. The van der Waals surface area contributed by atoms with Gasteiger partial charge in [-0.15, -0.1) is 0 Å². The summed E-state index contributed by atoms with van der Waals surface area (Å²) >= 11 is 0. The molecular weight excluding hydrogens is 380 g/mol. The summed E-state index contributed by atoms with van der Waals surface area (Å²) in [6.45, 7) is 8.35. The zero-order valence-corrected chi connectivity index (χ0v) is 17.5. The molecule has 0 saturated heterocycles. The fraction of sp³-hybridized carbons (Fsp3) is 0.240. The van der Waals surface area contributed by atoms with E-state index in [2.05, 4.69) is 0 Å². The van der Waals surface area contributed by atoms with E-state index in [9.17, 15) is 9.90 Å². The number of hydrogen-bond acceptors (Lipinski definition) is 5. The lowest BCUT2D eigenvalue weighted by molar-refractivity contribution is 0.158. The van der Waals surface area contributed by atoms with Gasteiger partial charge in [0, 0.05) is 6.07 Å². The summed E-state index contributed by atoms with van der Waals surface area (Å²) in [6, 6.07) is 8.70. The molecule has 2 heterocycles. The van der Waals surface area contributed by atoms with Crippen LogP contribution in [0.2, 0.25) is 0 Å². The van der Waals surface area contributed by atoms with Crippen molar-refractivity contribution in [3.8, 4) is 28.4 Å². The summed E-state index contributed by atoms with van der Waals surface area (Å²) in [5, 5.41) is 10.7. The lowest BCUT2D eigenvalue weighted by Crippen LogP contribution is -2.27. The van der Waals surface area contributed by atoms with Crippen LogP contribution in [0.1, 0.15) is 33.3 Å². The number of allylic oxidation sites excluding steroid dienone is 1. The predicted octanol–water partition coefficient (Wildman–Crippen LogP) is 5.69. The molecule has 1 aromatic heterocycles. The second kappa shape index (κ2) is 7.41. The van der Waals surface area contributed by atoms with Crippen molar-refractivity contribution in [3.63, 3.8) is 0 Å². The maximum absolute atomic E-state index is 13.2. The summed E-state index contributed by atoms with van der Waals surface area (Å²) < 4.78 is 17.4. The molecule has 4 rings (SSSR count). The lowest BCUT2D eigenvalue weighted by atomic mass is 9.98. The van der Waals surface area contributed by atoms with Crippen LogP contribution in [0.25, 0.3) is 28.2 Å². The minimum atomic E-state index is -0.497. The second-order valence-electron chi connectivity index (χ2n) is 8.15. The molecule has 154 valence electrons. The first-order valence-corrected chi connectivity index (χ1v) is 9.81. The number of fused-ring (bicyclic) bond motifs is 3. The smallest absolute Gasteiger partial charge is 0.204 e. The maximum atomic E-state index is 13.2. The van der Waals surface area contributed by atoms with Crippen LogP contribution in [-0.2, 0) is 0 Å². The fourth-order valence-electron chi connectivity index (χ4n) is 3.36. The first kappa shape index (κ1) is 19.8. The van der Waals surface area contributed by atoms with E-state index in [1.165, 1.54) is 17.9 Å². The number of benzene rings is 2. The largest absolute Gasteiger partial charge is 0.507 e. The van der Waals surface area contributed by atoms with Gasteiger partial charge in [0.15, 0.2) is 5.58 Å². The molecular formula is C25H24O5. The molecule has 0 spiro atoms. The van der Waals surface area contributed by atoms with E-state index in [1.807, 2.05) is 58.1 Å². The summed E-state index contributed by atoms with van der Waals surface area (Å²) in [5.74, 6) is 1.04. The van der Waals surface area contributed by atoms with Gasteiger partial charge >= 0.3 is 0 Å². The quantitative estimate of drug-likeness (QED) is 0.565. The molecule has 0 radical (unpaired) electrons. The molecule has 0 bridgehead atoms. The van der Waals surface area contributed by atoms with Crippen molar-refractivity contribution in [2.45, 2.75) is 33.3 Å². The summed E-state index contributed by atoms with van der Waals surface area (Å²) in [4.78, 5) is 13.2. The Morgan fingerprint density at radius 2 is 1.93 bits per heavy atom. The van der Waals surface area contributed by atoms with Gasteiger partial charge in [-0.3, -0.25) is 4.79 Å². The molecule has 0 fully saturated rings. The minimum Gasteiger partial charge on any atom is -0.507 e. The van der Waals surface area contributed by atoms with Crippen molar-refractivity contribution in [1.82, 2.24) is 0 Å². The Hall–Kier alpha value is -3.47. The van der Waals surface area contributed by atoms with Crippen LogP contribution in [0.5, 0.6) is 17.2 Å². The third kappa shape index (κ3) is 3.71. The van der Waals surface area contributed by atoms with Crippen LogP contribution < -0.4 is 14.9 Å². The van der Waals surface area contributed by atoms with E-state index in [1.54, 1.807) is 12.1 Å². The van der Waals surface area contributed by atoms with Gasteiger partial charge < -0.3 is 19.0 Å². The Kier molecular flexibility index (Phi) is 4.90. The summed E-state index contributed by atoms with van der Waals surface area (Å²) in [5.41, 5.74) is 2.41. The van der Waals surface area contributed by atoms with Gasteiger partial charge in [0.05, 0.1) is 11.1 Å². The van der Waals surface area contributed by atoms with E-state index in [0.717, 1.165) is 0 Å². The topological polar surface area (TPSA) is 68.9 Å². The highest BCUT2D eigenvalue weighted by Gasteiger charge is 2.26. The van der Waals surface area contributed by atoms with Gasteiger partial charge in [0.2, 0.25) is 5.43 Å². The molecule has 30 heavy (non-hydrogen) atoms. The van der Waals surface area contributed by atoms with Gasteiger partial charge in [0.25, 0.3) is 0 Å². The Balaban J connectivity index is 1.73. The van der Waals surface area contributed by atoms with Crippen LogP contribution in [0.4, 0.5) is 0 Å². The number of phenolic OH excluding ortho intramolecular Hbond substituents is 1. The molecule has 0 saturated carbocycles. The van der Waals surface area contributed by atoms with Gasteiger partial charge in [-0.1, -0.05) is 17.7 Å². The average molecular weight is 404 g/mol. The molecule has 3 aromatic rings. The number of phenols is 1. The van der Waals surface area contributed by atoms with Crippen molar-refractivity contribution in [1.29, 1.82) is 0 Å². The first-order chi connectivity index (χ1) is 14.2. The van der Waals surface area contributed by atoms with Crippen molar-refractivity contribution < 1.29 is 19.0 Å². The van der Waals surface area contributed by atoms with Crippen LogP contribution >= 0.6 is 0 Å². The standard InChI is InChI=1S/C25H24O5/c1-15(2)10-12-28-17-7-5-16(6-8-17)19-14-29-24-18-9-11-25(3,4)30-21(18)13-20(26)22(24)23(19)27/h5-11,13-14,26H,12H2,1-4H3. The lowest BCUT2D eigenvalue weighted by Gasteiger charge is -2.28. The first-order valence-electron chi connectivity index (χ1n) is 9.81. The van der Waals surface area contributed by atoms with E-state index < -0.39 is 5.60 Å². The van der Waals surface area contributed by atoms with Crippen LogP contribution in [0.3, 0.4) is 0 Å². The molecule has 1 aliphatic heterocycles. The van der Waals surface area contributed by atoms with Crippen molar-refractivity contribution in [2.24, 2.45) is 0 Å². The predicted molar refractivity (Wildman–Crippen MR) is 118 cm³/mol. The van der Waals surface area contributed by atoms with E-state index in [-0.39, 0.29) is 16.6 Å². The molecule has 1 aliphatic rings. The number of aromatic hydroxyl groups is 1. The SMILES string of the molecule is CC(C)=CCOc1ccc(-c2coc3c4c(cc(O)c3c2=O)OC(C)(C)C=C4)cc1. The van der Waals surface area contributed by atoms with Gasteiger partial charge in [-0.2, -0.15) is 0 Å². The molecule has 2 aromatic carbocycles. The molecule has 0 amide bonds. The zero-order valence-electron chi connectivity index (χ0n) is 17.5. The molecule has 5 nitrogen and oxygen atoms in total. The Labute approximate surface area is 174 Å². The highest BCUT2D eigenvalue weighted by atomic mass is 16.5. The minimum absolute atomic E-state index is 0.142. The van der Waals surface area contributed by atoms with Crippen LogP contribution in [-0.4, -0.2) is 17.3 Å². The zero-order chi connectivity index (χ0) is 21.5. The second-order valence-corrected chi connectivity index (χ2v) is 8.15. The normalized spacial score (nSPS) is 14.1. The van der Waals surface area contributed by atoms with Crippen molar-refractivity contribution in [2.75, 3.05) is 6.61 Å². The Morgan fingerprint density at radius 1 is 1.20 bits per heavy atom. The van der Waals surface area contributed by atoms with Crippen LogP contribution in [0, 0.1) is 0 Å². The monoisotopic (exact) mass is 404 g/mol. The number of rotatable bonds is 4. The summed E-state index contributed by atoms with van der Waals surface area (Å²) in [7, 11) is 0. The van der Waals surface area contributed by atoms with E-state index in [0.29, 0.717) is 40.4 Å². The Morgan fingerprint density at radius 3 is 2.63 bits per heavy atom. The molecule has 0 atom stereocenters. The van der Waals surface area contributed by atoms with Crippen molar-refractivity contribution in [3.05, 3.63) is 70.1 Å². The van der Waals surface area contributed by atoms with E-state index in [4.69, 9.17) is 13.9 Å². The number of hydrogen-bond donors (Lipinski definition) is 1. The van der Waals surface area contributed by atoms with Crippen molar-refractivity contribution >= 4 is 17.0 Å². The third-order valence-corrected chi connectivity index (χ3v) is 4.96. The molecule has 5 heteroatoms. The third-order valence-electron chi connectivity index (χ3n) is 4.96. The molecule has 1 N–H and O–H groups in total. The number of ether oxygens (including phenoxy) is 2. The molecule has 0 unspecified atom stereocenters. The van der Waals surface area contributed by atoms with Gasteiger partial charge in [-0.25, -0.2) is 0 Å². The van der Waals surface area contributed by atoms with Gasteiger partial charge in [0.1, 0.15) is 41.1 Å². The highest BCUT2D eigenvalue weighted by Crippen LogP contribution is 2.40. The maximum Gasteiger partial charge on any atom is 0.204 e. The molecule has 0 aliphatic carbocycles. The van der Waals surface area contributed by atoms with Crippen LogP contribution in [0.15, 0.2) is 63.5 Å². The Bertz CT molecular complexity index is 1220. The van der Waals surface area contributed by atoms with E-state index >= 15 is 0 Å². The highest BCUT2D eigenvalue weighted by molar-refractivity contribution is 5.95. The fourth-order valence-corrected chi connectivity index (χ4v) is 3.36. The summed E-state index contributed by atoms with van der Waals surface area (Å²) in [6.07, 6.45) is 7.18.